The second-order valence-corrected chi connectivity index (χ2v) is 7.29. The Morgan fingerprint density at radius 1 is 1.04 bits per heavy atom. The number of nitrogens with zero attached hydrogens (tertiary/aromatic N) is 3. The third-order valence-corrected chi connectivity index (χ3v) is 5.42. The minimum Gasteiger partial charge on any atom is -0.368 e. The summed E-state index contributed by atoms with van der Waals surface area (Å²) in [4.78, 5) is 30.1. The SMILES string of the molecule is CN1C(=O)Cc2cc(N3CCN(C(=O)Nc4ccc(Cl)cc4)CC3)ccc21. The fourth-order valence-corrected chi connectivity index (χ4v) is 3.68. The van der Waals surface area contributed by atoms with E-state index in [4.69, 9.17) is 11.6 Å². The van der Waals surface area contributed by atoms with Crippen molar-refractivity contribution in [3.05, 3.63) is 53.1 Å². The Morgan fingerprint density at radius 3 is 2.44 bits per heavy atom. The van der Waals surface area contributed by atoms with E-state index in [0.29, 0.717) is 24.5 Å². The van der Waals surface area contributed by atoms with Crippen molar-refractivity contribution < 1.29 is 9.59 Å². The van der Waals surface area contributed by atoms with Gasteiger partial charge in [-0.2, -0.15) is 0 Å². The summed E-state index contributed by atoms with van der Waals surface area (Å²) < 4.78 is 0. The van der Waals surface area contributed by atoms with Crippen molar-refractivity contribution in [3.8, 4) is 0 Å². The number of anilines is 3. The number of likely N-dealkylation sites (N-methyl/N-ethyl adjacent to an activating group) is 1. The first-order valence-electron chi connectivity index (χ1n) is 8.97. The maximum absolute atomic E-state index is 12.4. The predicted molar refractivity (Wildman–Crippen MR) is 108 cm³/mol. The van der Waals surface area contributed by atoms with Gasteiger partial charge in [0.05, 0.1) is 6.42 Å². The molecule has 0 aromatic heterocycles. The summed E-state index contributed by atoms with van der Waals surface area (Å²) in [7, 11) is 1.81. The van der Waals surface area contributed by atoms with Crippen LogP contribution in [0.5, 0.6) is 0 Å². The summed E-state index contributed by atoms with van der Waals surface area (Å²) in [5, 5.41) is 3.55. The summed E-state index contributed by atoms with van der Waals surface area (Å²) in [6.45, 7) is 2.82. The normalized spacial score (nSPS) is 16.5. The van der Waals surface area contributed by atoms with Crippen LogP contribution in [0.4, 0.5) is 21.9 Å². The number of amides is 3. The maximum Gasteiger partial charge on any atom is 0.321 e. The lowest BCUT2D eigenvalue weighted by Crippen LogP contribution is -2.50. The smallest absolute Gasteiger partial charge is 0.321 e. The van der Waals surface area contributed by atoms with Crippen molar-refractivity contribution in [2.24, 2.45) is 0 Å². The van der Waals surface area contributed by atoms with Gasteiger partial charge in [-0.15, -0.1) is 0 Å². The summed E-state index contributed by atoms with van der Waals surface area (Å²) in [6.07, 6.45) is 0.461. The Balaban J connectivity index is 1.36. The average Bonchev–Trinajstić information content (AvgIpc) is 2.97. The lowest BCUT2D eigenvalue weighted by atomic mass is 10.1. The number of fused-ring (bicyclic) bond motifs is 1. The average molecular weight is 385 g/mol. The number of rotatable bonds is 2. The molecule has 140 valence electrons. The first kappa shape index (κ1) is 17.7. The molecule has 1 saturated heterocycles. The molecule has 2 heterocycles. The molecular weight excluding hydrogens is 364 g/mol. The van der Waals surface area contributed by atoms with Gasteiger partial charge in [-0.1, -0.05) is 11.6 Å². The van der Waals surface area contributed by atoms with E-state index in [9.17, 15) is 9.59 Å². The third-order valence-electron chi connectivity index (χ3n) is 5.17. The number of hydrogen-bond acceptors (Lipinski definition) is 3. The van der Waals surface area contributed by atoms with E-state index in [2.05, 4.69) is 22.3 Å². The molecule has 1 N–H and O–H groups in total. The molecule has 0 radical (unpaired) electrons. The van der Waals surface area contributed by atoms with Crippen LogP contribution < -0.4 is 15.1 Å². The zero-order chi connectivity index (χ0) is 19.0. The van der Waals surface area contributed by atoms with Crippen LogP contribution in [-0.4, -0.2) is 50.1 Å². The molecule has 2 aliphatic heterocycles. The zero-order valence-electron chi connectivity index (χ0n) is 15.1. The van der Waals surface area contributed by atoms with E-state index in [1.165, 1.54) is 0 Å². The summed E-state index contributed by atoms with van der Waals surface area (Å²) in [5.74, 6) is 0.130. The van der Waals surface area contributed by atoms with Crippen LogP contribution in [0.15, 0.2) is 42.5 Å². The molecule has 0 bridgehead atoms. The number of hydrogen-bond donors (Lipinski definition) is 1. The van der Waals surface area contributed by atoms with E-state index in [-0.39, 0.29) is 11.9 Å². The zero-order valence-corrected chi connectivity index (χ0v) is 15.9. The number of carbonyl (C=O) groups is 2. The van der Waals surface area contributed by atoms with Gasteiger partial charge in [0.2, 0.25) is 5.91 Å². The highest BCUT2D eigenvalue weighted by Crippen LogP contribution is 2.31. The molecule has 0 spiro atoms. The van der Waals surface area contributed by atoms with Crippen LogP contribution in [0.25, 0.3) is 0 Å². The first-order valence-corrected chi connectivity index (χ1v) is 9.35. The van der Waals surface area contributed by atoms with Crippen LogP contribution >= 0.6 is 11.6 Å². The van der Waals surface area contributed by atoms with Crippen molar-refractivity contribution in [2.45, 2.75) is 6.42 Å². The molecule has 1 fully saturated rings. The first-order chi connectivity index (χ1) is 13.0. The molecule has 4 rings (SSSR count). The summed E-state index contributed by atoms with van der Waals surface area (Å²) in [6, 6.07) is 13.2. The molecule has 0 aliphatic carbocycles. The van der Waals surface area contributed by atoms with Gasteiger partial charge >= 0.3 is 6.03 Å². The lowest BCUT2D eigenvalue weighted by Gasteiger charge is -2.36. The van der Waals surface area contributed by atoms with Crippen molar-refractivity contribution in [1.82, 2.24) is 4.90 Å². The Kier molecular flexibility index (Phi) is 4.66. The third kappa shape index (κ3) is 3.57. The van der Waals surface area contributed by atoms with Crippen LogP contribution in [0.3, 0.4) is 0 Å². The fourth-order valence-electron chi connectivity index (χ4n) is 3.56. The number of piperazine rings is 1. The highest BCUT2D eigenvalue weighted by atomic mass is 35.5. The van der Waals surface area contributed by atoms with Gasteiger partial charge in [0.1, 0.15) is 0 Å². The van der Waals surface area contributed by atoms with Crippen LogP contribution in [0.2, 0.25) is 5.02 Å². The van der Waals surface area contributed by atoms with Gasteiger partial charge < -0.3 is 20.0 Å². The molecule has 3 amide bonds. The molecule has 6 nitrogen and oxygen atoms in total. The minimum atomic E-state index is -0.0989. The molecule has 2 aromatic rings. The Labute approximate surface area is 163 Å². The predicted octanol–water partition coefficient (Wildman–Crippen LogP) is 3.21. The van der Waals surface area contributed by atoms with E-state index < -0.39 is 0 Å². The van der Waals surface area contributed by atoms with E-state index >= 15 is 0 Å². The van der Waals surface area contributed by atoms with Crippen LogP contribution in [-0.2, 0) is 11.2 Å². The molecule has 2 aliphatic rings. The van der Waals surface area contributed by atoms with Crippen molar-refractivity contribution >= 4 is 40.6 Å². The second kappa shape index (κ2) is 7.12. The molecule has 0 unspecified atom stereocenters. The lowest BCUT2D eigenvalue weighted by molar-refractivity contribution is -0.117. The van der Waals surface area contributed by atoms with Gasteiger partial charge in [-0.05, 0) is 48.0 Å². The minimum absolute atomic E-state index is 0.0989. The molecular formula is C20H21ClN4O2. The van der Waals surface area contributed by atoms with Gasteiger partial charge in [-0.3, -0.25) is 4.79 Å². The Hall–Kier alpha value is -2.73. The Morgan fingerprint density at radius 2 is 1.74 bits per heavy atom. The van der Waals surface area contributed by atoms with Crippen molar-refractivity contribution in [2.75, 3.05) is 48.3 Å². The van der Waals surface area contributed by atoms with Gasteiger partial charge in [0.25, 0.3) is 0 Å². The molecule has 0 saturated carbocycles. The molecule has 27 heavy (non-hydrogen) atoms. The number of carbonyl (C=O) groups excluding carboxylic acids is 2. The van der Waals surface area contributed by atoms with E-state index in [1.54, 1.807) is 29.2 Å². The molecule has 7 heteroatoms. The number of halogens is 1. The highest BCUT2D eigenvalue weighted by molar-refractivity contribution is 6.30. The number of urea groups is 1. The highest BCUT2D eigenvalue weighted by Gasteiger charge is 2.26. The largest absolute Gasteiger partial charge is 0.368 e. The number of nitrogens with one attached hydrogen (secondary N) is 1. The van der Waals surface area contributed by atoms with Gasteiger partial charge in [0.15, 0.2) is 0 Å². The van der Waals surface area contributed by atoms with Crippen molar-refractivity contribution in [1.29, 1.82) is 0 Å². The monoisotopic (exact) mass is 384 g/mol. The van der Waals surface area contributed by atoms with Crippen LogP contribution in [0.1, 0.15) is 5.56 Å². The van der Waals surface area contributed by atoms with Crippen molar-refractivity contribution in [3.63, 3.8) is 0 Å². The molecule has 0 atom stereocenters. The van der Waals surface area contributed by atoms with E-state index in [0.717, 1.165) is 35.7 Å². The van der Waals surface area contributed by atoms with Gasteiger partial charge in [-0.25, -0.2) is 4.79 Å². The van der Waals surface area contributed by atoms with Gasteiger partial charge in [0, 0.05) is 55.3 Å². The van der Waals surface area contributed by atoms with E-state index in [1.807, 2.05) is 18.0 Å². The summed E-state index contributed by atoms with van der Waals surface area (Å²) in [5.41, 5.74) is 3.90. The standard InChI is InChI=1S/C20H21ClN4O2/c1-23-18-7-6-17(12-14(18)13-19(23)26)24-8-10-25(11-9-24)20(27)22-16-4-2-15(21)3-5-16/h2-7,12H,8-11,13H2,1H3,(H,22,27). The maximum atomic E-state index is 12.4. The Bertz CT molecular complexity index is 876. The second-order valence-electron chi connectivity index (χ2n) is 6.85. The van der Waals surface area contributed by atoms with Crippen LogP contribution in [0, 0.1) is 0 Å². The molecule has 2 aromatic carbocycles. The summed E-state index contributed by atoms with van der Waals surface area (Å²) >= 11 is 5.87. The number of benzene rings is 2. The fraction of sp³-hybridized carbons (Fsp3) is 0.300. The quantitative estimate of drug-likeness (QED) is 0.865. The topological polar surface area (TPSA) is 55.9 Å².